The molecular weight excluding hydrogens is 521 g/mol. The number of rotatable bonds is 7. The van der Waals surface area contributed by atoms with Crippen LogP contribution >= 0.6 is 23.2 Å². The van der Waals surface area contributed by atoms with E-state index in [-0.39, 0.29) is 28.2 Å². The Morgan fingerprint density at radius 3 is 2.31 bits per heavy atom. The Labute approximate surface area is 221 Å². The van der Waals surface area contributed by atoms with Crippen molar-refractivity contribution in [1.29, 1.82) is 0 Å². The highest BCUT2D eigenvalue weighted by atomic mass is 35.5. The third kappa shape index (κ3) is 6.24. The van der Waals surface area contributed by atoms with Crippen LogP contribution in [0.15, 0.2) is 65.6 Å². The highest BCUT2D eigenvalue weighted by Gasteiger charge is 2.23. The Hall–Kier alpha value is -2.94. The van der Waals surface area contributed by atoms with Crippen LogP contribution in [-0.4, -0.2) is 52.0 Å². The minimum atomic E-state index is -3.83. The van der Waals surface area contributed by atoms with E-state index < -0.39 is 10.0 Å². The molecule has 0 aliphatic carbocycles. The second-order valence-electron chi connectivity index (χ2n) is 8.65. The highest BCUT2D eigenvalue weighted by molar-refractivity contribution is 7.92. The normalized spacial score (nSPS) is 14.0. The summed E-state index contributed by atoms with van der Waals surface area (Å²) in [5.41, 5.74) is 3.68. The highest BCUT2D eigenvalue weighted by Crippen LogP contribution is 2.29. The van der Waals surface area contributed by atoms with Crippen LogP contribution < -0.4 is 14.4 Å². The van der Waals surface area contributed by atoms with E-state index in [1.165, 1.54) is 18.2 Å². The molecule has 0 aromatic heterocycles. The summed E-state index contributed by atoms with van der Waals surface area (Å²) in [6, 6.07) is 17.0. The lowest BCUT2D eigenvalue weighted by atomic mass is 10.1. The van der Waals surface area contributed by atoms with Crippen molar-refractivity contribution in [3.63, 3.8) is 0 Å². The molecule has 7 nitrogen and oxygen atoms in total. The fourth-order valence-electron chi connectivity index (χ4n) is 3.95. The molecule has 4 rings (SSSR count). The molecule has 1 heterocycles. The number of benzene rings is 3. The van der Waals surface area contributed by atoms with E-state index in [0.29, 0.717) is 36.9 Å². The molecule has 1 N–H and O–H groups in total. The molecule has 190 valence electrons. The number of sulfonamides is 1. The van der Waals surface area contributed by atoms with Crippen LogP contribution in [0.1, 0.15) is 11.1 Å². The van der Waals surface area contributed by atoms with Gasteiger partial charge < -0.3 is 14.5 Å². The number of ether oxygens (including phenoxy) is 1. The maximum absolute atomic E-state index is 12.7. The average Bonchev–Trinajstić information content (AvgIpc) is 2.86. The molecule has 0 atom stereocenters. The average molecular weight is 548 g/mol. The molecule has 1 aliphatic rings. The minimum Gasteiger partial charge on any atom is -0.482 e. The van der Waals surface area contributed by atoms with Crippen molar-refractivity contribution < 1.29 is 17.9 Å². The predicted molar refractivity (Wildman–Crippen MR) is 144 cm³/mol. The second-order valence-corrected chi connectivity index (χ2v) is 11.2. The number of nitrogens with zero attached hydrogens (tertiary/aromatic N) is 2. The lowest BCUT2D eigenvalue weighted by molar-refractivity contribution is -0.133. The Bertz CT molecular complexity index is 1360. The number of anilines is 2. The number of carbonyl (C=O) groups excluding carboxylic acids is 1. The fraction of sp³-hybridized carbons (Fsp3) is 0.269. The number of hydrogen-bond acceptors (Lipinski definition) is 5. The van der Waals surface area contributed by atoms with Gasteiger partial charge in [0.2, 0.25) is 0 Å². The third-order valence-electron chi connectivity index (χ3n) is 6.01. The van der Waals surface area contributed by atoms with E-state index in [2.05, 4.69) is 9.62 Å². The molecule has 36 heavy (non-hydrogen) atoms. The number of piperazine rings is 1. The molecular formula is C26H27Cl2N3O4S. The number of halogens is 2. The number of hydrogen-bond donors (Lipinski definition) is 1. The van der Waals surface area contributed by atoms with Crippen LogP contribution in [-0.2, 0) is 14.8 Å². The molecule has 1 amide bonds. The van der Waals surface area contributed by atoms with Gasteiger partial charge in [0.15, 0.2) is 6.61 Å². The van der Waals surface area contributed by atoms with Crippen LogP contribution in [0.2, 0.25) is 10.0 Å². The first-order valence-electron chi connectivity index (χ1n) is 11.4. The summed E-state index contributed by atoms with van der Waals surface area (Å²) in [7, 11) is -3.83. The summed E-state index contributed by atoms with van der Waals surface area (Å²) in [4.78, 5) is 16.7. The summed E-state index contributed by atoms with van der Waals surface area (Å²) < 4.78 is 33.6. The topological polar surface area (TPSA) is 78.9 Å². The monoisotopic (exact) mass is 547 g/mol. The molecule has 1 fully saturated rings. The van der Waals surface area contributed by atoms with E-state index in [0.717, 1.165) is 16.8 Å². The molecule has 10 heteroatoms. The number of nitrogens with one attached hydrogen (secondary N) is 1. The Kier molecular flexibility index (Phi) is 7.97. The van der Waals surface area contributed by atoms with Gasteiger partial charge in [-0.05, 0) is 61.9 Å². The van der Waals surface area contributed by atoms with Gasteiger partial charge in [-0.2, -0.15) is 0 Å². The first-order valence-corrected chi connectivity index (χ1v) is 13.7. The Morgan fingerprint density at radius 1 is 0.944 bits per heavy atom. The molecule has 3 aromatic rings. The van der Waals surface area contributed by atoms with E-state index in [1.807, 2.05) is 44.2 Å². The summed E-state index contributed by atoms with van der Waals surface area (Å²) in [6.07, 6.45) is 0. The predicted octanol–water partition coefficient (Wildman–Crippen LogP) is 5.14. The zero-order valence-electron chi connectivity index (χ0n) is 20.0. The van der Waals surface area contributed by atoms with Crippen molar-refractivity contribution in [1.82, 2.24) is 4.90 Å². The van der Waals surface area contributed by atoms with Gasteiger partial charge in [0.25, 0.3) is 15.9 Å². The Balaban J connectivity index is 1.32. The number of aryl methyl sites for hydroxylation is 2. The zero-order chi connectivity index (χ0) is 25.9. The second kappa shape index (κ2) is 11.0. The number of carbonyl (C=O) groups is 1. The molecule has 3 aromatic carbocycles. The van der Waals surface area contributed by atoms with Crippen LogP contribution in [0.25, 0.3) is 0 Å². The van der Waals surface area contributed by atoms with Gasteiger partial charge in [-0.1, -0.05) is 47.0 Å². The van der Waals surface area contributed by atoms with Gasteiger partial charge in [-0.25, -0.2) is 8.42 Å². The standard InChI is InChI=1S/C26H27Cl2N3O4S/c1-18-3-7-21(8-4-18)29-36(33,34)22-9-10-25(23(28)16-22)35-17-26(32)31-13-11-30(12-14-31)24-15-20(27)6-5-19(24)2/h3-10,15-16,29H,11-14,17H2,1-2H3. The van der Waals surface area contributed by atoms with Crippen molar-refractivity contribution in [3.05, 3.63) is 81.8 Å². The van der Waals surface area contributed by atoms with Crippen LogP contribution in [0.4, 0.5) is 11.4 Å². The van der Waals surface area contributed by atoms with Gasteiger partial charge in [-0.15, -0.1) is 0 Å². The molecule has 1 saturated heterocycles. The van der Waals surface area contributed by atoms with Crippen molar-refractivity contribution in [3.8, 4) is 5.75 Å². The third-order valence-corrected chi connectivity index (χ3v) is 7.92. The first-order chi connectivity index (χ1) is 17.1. The van der Waals surface area contributed by atoms with Crippen molar-refractivity contribution in [2.45, 2.75) is 18.7 Å². The quantitative estimate of drug-likeness (QED) is 0.443. The molecule has 0 radical (unpaired) electrons. The summed E-state index contributed by atoms with van der Waals surface area (Å²) in [5, 5.41) is 0.792. The maximum atomic E-state index is 12.7. The smallest absolute Gasteiger partial charge is 0.261 e. The minimum absolute atomic E-state index is 0.000757. The molecule has 0 unspecified atom stereocenters. The Morgan fingerprint density at radius 2 is 1.64 bits per heavy atom. The van der Waals surface area contributed by atoms with E-state index in [9.17, 15) is 13.2 Å². The van der Waals surface area contributed by atoms with Gasteiger partial charge >= 0.3 is 0 Å². The lowest BCUT2D eigenvalue weighted by Gasteiger charge is -2.36. The zero-order valence-corrected chi connectivity index (χ0v) is 22.3. The first kappa shape index (κ1) is 26.1. The van der Waals surface area contributed by atoms with Gasteiger partial charge in [0, 0.05) is 42.6 Å². The summed E-state index contributed by atoms with van der Waals surface area (Å²) in [5.74, 6) is 0.0822. The summed E-state index contributed by atoms with van der Waals surface area (Å²) in [6.45, 7) is 6.26. The van der Waals surface area contributed by atoms with Crippen LogP contribution in [0.3, 0.4) is 0 Å². The lowest BCUT2D eigenvalue weighted by Crippen LogP contribution is -2.50. The molecule has 0 saturated carbocycles. The fourth-order valence-corrected chi connectivity index (χ4v) is 5.50. The van der Waals surface area contributed by atoms with E-state index in [4.69, 9.17) is 27.9 Å². The van der Waals surface area contributed by atoms with Gasteiger partial charge in [0.05, 0.1) is 9.92 Å². The largest absolute Gasteiger partial charge is 0.482 e. The number of amides is 1. The van der Waals surface area contributed by atoms with Gasteiger partial charge in [0.1, 0.15) is 5.75 Å². The summed E-state index contributed by atoms with van der Waals surface area (Å²) >= 11 is 12.4. The van der Waals surface area contributed by atoms with Crippen molar-refractivity contribution >= 4 is 50.5 Å². The van der Waals surface area contributed by atoms with Crippen molar-refractivity contribution in [2.75, 3.05) is 42.4 Å². The maximum Gasteiger partial charge on any atom is 0.261 e. The molecule has 1 aliphatic heterocycles. The SMILES string of the molecule is Cc1ccc(NS(=O)(=O)c2ccc(OCC(=O)N3CCN(c4cc(Cl)ccc4C)CC3)c(Cl)c2)cc1. The molecule has 0 bridgehead atoms. The van der Waals surface area contributed by atoms with E-state index >= 15 is 0 Å². The van der Waals surface area contributed by atoms with Crippen LogP contribution in [0, 0.1) is 13.8 Å². The van der Waals surface area contributed by atoms with Crippen LogP contribution in [0.5, 0.6) is 5.75 Å². The van der Waals surface area contributed by atoms with E-state index in [1.54, 1.807) is 17.0 Å². The van der Waals surface area contributed by atoms with Crippen molar-refractivity contribution in [2.24, 2.45) is 0 Å². The van der Waals surface area contributed by atoms with Gasteiger partial charge in [-0.3, -0.25) is 9.52 Å². The molecule has 0 spiro atoms.